The molecule has 6 heteroatoms. The minimum atomic E-state index is -0.498. The fourth-order valence-corrected chi connectivity index (χ4v) is 1.67. The molecule has 19 heavy (non-hydrogen) atoms. The highest BCUT2D eigenvalue weighted by Crippen LogP contribution is 2.17. The number of hydrogen-bond acceptors (Lipinski definition) is 4. The number of halogens is 1. The molecule has 110 valence electrons. The minimum absolute atomic E-state index is 0. The fraction of sp³-hybridized carbons (Fsp3) is 0.692. The van der Waals surface area contributed by atoms with Gasteiger partial charge in [-0.3, -0.25) is 4.79 Å². The highest BCUT2D eigenvalue weighted by atomic mass is 35.5. The molecule has 1 rings (SSSR count). The van der Waals surface area contributed by atoms with Crippen LogP contribution in [0.5, 0.6) is 0 Å². The van der Waals surface area contributed by atoms with E-state index in [9.17, 15) is 4.79 Å². The Hall–Kier alpha value is -1.07. The summed E-state index contributed by atoms with van der Waals surface area (Å²) in [5, 5.41) is 6.72. The van der Waals surface area contributed by atoms with Gasteiger partial charge in [0.25, 0.3) is 0 Å². The van der Waals surface area contributed by atoms with Gasteiger partial charge < -0.3 is 15.6 Å². The zero-order valence-corrected chi connectivity index (χ0v) is 13.1. The van der Waals surface area contributed by atoms with Gasteiger partial charge in [0, 0.05) is 12.1 Å². The van der Waals surface area contributed by atoms with Crippen LogP contribution >= 0.6 is 12.4 Å². The minimum Gasteiger partial charge on any atom is -0.361 e. The summed E-state index contributed by atoms with van der Waals surface area (Å²) < 4.78 is 5.07. The molecule has 0 spiro atoms. The van der Waals surface area contributed by atoms with Crippen molar-refractivity contribution >= 4 is 18.3 Å². The summed E-state index contributed by atoms with van der Waals surface area (Å²) >= 11 is 0. The molecule has 0 aliphatic rings. The van der Waals surface area contributed by atoms with E-state index >= 15 is 0 Å². The topological polar surface area (TPSA) is 81.2 Å². The molecule has 0 aliphatic heterocycles. The molecule has 1 heterocycles. The molecule has 5 nitrogen and oxygen atoms in total. The highest BCUT2D eigenvalue weighted by molar-refractivity contribution is 5.85. The number of nitrogens with one attached hydrogen (secondary N) is 1. The average Bonchev–Trinajstić information content (AvgIpc) is 2.57. The molecule has 3 N–H and O–H groups in total. The maximum atomic E-state index is 11.8. The van der Waals surface area contributed by atoms with E-state index in [1.165, 1.54) is 0 Å². The van der Waals surface area contributed by atoms with Gasteiger partial charge in [0.1, 0.15) is 5.76 Å². The molecular formula is C13H24ClN3O2. The maximum Gasteiger partial charge on any atom is 0.237 e. The molecule has 0 aliphatic carbocycles. The quantitative estimate of drug-likeness (QED) is 0.885. The molecule has 0 saturated carbocycles. The zero-order valence-electron chi connectivity index (χ0n) is 12.2. The SMILES string of the molecule is Cc1noc(C)c1CCNC(=O)[C@@H](N)C(C)(C)C.Cl. The summed E-state index contributed by atoms with van der Waals surface area (Å²) in [4.78, 5) is 11.8. The monoisotopic (exact) mass is 289 g/mol. The zero-order chi connectivity index (χ0) is 13.9. The Morgan fingerprint density at radius 2 is 2.00 bits per heavy atom. The van der Waals surface area contributed by atoms with Crippen molar-refractivity contribution in [1.82, 2.24) is 10.5 Å². The normalized spacial score (nSPS) is 12.7. The molecular weight excluding hydrogens is 266 g/mol. The van der Waals surface area contributed by atoms with Gasteiger partial charge in [-0.25, -0.2) is 0 Å². The van der Waals surface area contributed by atoms with E-state index in [-0.39, 0.29) is 23.7 Å². The number of amides is 1. The number of nitrogens with zero attached hydrogens (tertiary/aromatic N) is 1. The number of carbonyl (C=O) groups is 1. The number of nitrogens with two attached hydrogens (primary N) is 1. The molecule has 0 aromatic carbocycles. The Morgan fingerprint density at radius 3 is 2.42 bits per heavy atom. The van der Waals surface area contributed by atoms with Crippen LogP contribution in [0.15, 0.2) is 4.52 Å². The molecule has 0 unspecified atom stereocenters. The summed E-state index contributed by atoms with van der Waals surface area (Å²) in [6.45, 7) is 10.2. The first-order valence-corrected chi connectivity index (χ1v) is 6.18. The van der Waals surface area contributed by atoms with Crippen molar-refractivity contribution in [3.05, 3.63) is 17.0 Å². The van der Waals surface area contributed by atoms with Crippen molar-refractivity contribution in [2.45, 2.75) is 47.1 Å². The predicted octanol–water partition coefficient (Wildman–Crippen LogP) is 1.75. The van der Waals surface area contributed by atoms with E-state index in [0.717, 1.165) is 17.0 Å². The van der Waals surface area contributed by atoms with Crippen LogP contribution < -0.4 is 11.1 Å². The van der Waals surface area contributed by atoms with Crippen molar-refractivity contribution in [2.75, 3.05) is 6.54 Å². The third-order valence-electron chi connectivity index (χ3n) is 3.07. The van der Waals surface area contributed by atoms with Crippen LogP contribution in [0.3, 0.4) is 0 Å². The molecule has 1 aromatic rings. The second-order valence-electron chi connectivity index (χ2n) is 5.69. The molecule has 0 radical (unpaired) electrons. The Balaban J connectivity index is 0.00000324. The lowest BCUT2D eigenvalue weighted by molar-refractivity contribution is -0.124. The maximum absolute atomic E-state index is 11.8. The van der Waals surface area contributed by atoms with Gasteiger partial charge >= 0.3 is 0 Å². The van der Waals surface area contributed by atoms with Crippen molar-refractivity contribution < 1.29 is 9.32 Å². The van der Waals surface area contributed by atoms with Gasteiger partial charge in [-0.2, -0.15) is 0 Å². The number of hydrogen-bond donors (Lipinski definition) is 2. The number of aryl methyl sites for hydroxylation is 2. The first kappa shape index (κ1) is 17.9. The Bertz CT molecular complexity index is 405. The van der Waals surface area contributed by atoms with E-state index in [1.54, 1.807) is 0 Å². The van der Waals surface area contributed by atoms with E-state index in [2.05, 4.69) is 10.5 Å². The van der Waals surface area contributed by atoms with Crippen molar-refractivity contribution in [3.63, 3.8) is 0 Å². The third kappa shape index (κ3) is 4.84. The molecule has 0 bridgehead atoms. The summed E-state index contributed by atoms with van der Waals surface area (Å²) in [6.07, 6.45) is 0.712. The first-order chi connectivity index (χ1) is 8.23. The van der Waals surface area contributed by atoms with Crippen molar-refractivity contribution in [1.29, 1.82) is 0 Å². The lowest BCUT2D eigenvalue weighted by Crippen LogP contribution is -2.49. The third-order valence-corrected chi connectivity index (χ3v) is 3.07. The van der Waals surface area contributed by atoms with E-state index in [0.29, 0.717) is 13.0 Å². The lowest BCUT2D eigenvalue weighted by atomic mass is 9.87. The summed E-state index contributed by atoms with van der Waals surface area (Å²) in [7, 11) is 0. The second-order valence-corrected chi connectivity index (χ2v) is 5.69. The van der Waals surface area contributed by atoms with Gasteiger partial charge in [0.2, 0.25) is 5.91 Å². The van der Waals surface area contributed by atoms with E-state index < -0.39 is 6.04 Å². The van der Waals surface area contributed by atoms with Gasteiger partial charge in [-0.1, -0.05) is 25.9 Å². The smallest absolute Gasteiger partial charge is 0.237 e. The van der Waals surface area contributed by atoms with Gasteiger partial charge in [-0.15, -0.1) is 12.4 Å². The van der Waals surface area contributed by atoms with Crippen LogP contribution in [-0.4, -0.2) is 23.7 Å². The van der Waals surface area contributed by atoms with Crippen LogP contribution in [0.2, 0.25) is 0 Å². The van der Waals surface area contributed by atoms with Crippen LogP contribution in [0, 0.1) is 19.3 Å². The summed E-state index contributed by atoms with van der Waals surface area (Å²) in [6, 6.07) is -0.498. The number of aromatic nitrogens is 1. The Kier molecular flexibility index (Phi) is 6.52. The van der Waals surface area contributed by atoms with E-state index in [1.807, 2.05) is 34.6 Å². The molecule has 0 saturated heterocycles. The first-order valence-electron chi connectivity index (χ1n) is 6.18. The second kappa shape index (κ2) is 6.91. The number of rotatable bonds is 4. The van der Waals surface area contributed by atoms with E-state index in [4.69, 9.17) is 10.3 Å². The van der Waals surface area contributed by atoms with Gasteiger partial charge in [0.05, 0.1) is 11.7 Å². The van der Waals surface area contributed by atoms with Gasteiger partial charge in [-0.05, 0) is 25.7 Å². The van der Waals surface area contributed by atoms with Crippen LogP contribution in [-0.2, 0) is 11.2 Å². The summed E-state index contributed by atoms with van der Waals surface area (Å²) in [5.74, 6) is 0.691. The standard InChI is InChI=1S/C13H23N3O2.ClH/c1-8-10(9(2)18-16-8)6-7-15-12(17)11(14)13(3,4)5;/h11H,6-7,14H2,1-5H3,(H,15,17);1H/t11-;/m1./s1. The van der Waals surface area contributed by atoms with Crippen LogP contribution in [0.25, 0.3) is 0 Å². The lowest BCUT2D eigenvalue weighted by Gasteiger charge is -2.25. The Labute approximate surface area is 120 Å². The highest BCUT2D eigenvalue weighted by Gasteiger charge is 2.27. The van der Waals surface area contributed by atoms with Crippen LogP contribution in [0.4, 0.5) is 0 Å². The van der Waals surface area contributed by atoms with Crippen molar-refractivity contribution in [3.8, 4) is 0 Å². The molecule has 1 amide bonds. The largest absolute Gasteiger partial charge is 0.361 e. The van der Waals surface area contributed by atoms with Crippen LogP contribution in [0.1, 0.15) is 37.8 Å². The Morgan fingerprint density at radius 1 is 1.42 bits per heavy atom. The van der Waals surface area contributed by atoms with Gasteiger partial charge in [0.15, 0.2) is 0 Å². The predicted molar refractivity (Wildman–Crippen MR) is 77.4 cm³/mol. The molecule has 1 atom stereocenters. The molecule has 0 fully saturated rings. The van der Waals surface area contributed by atoms with Crippen molar-refractivity contribution in [2.24, 2.45) is 11.1 Å². The fourth-order valence-electron chi connectivity index (χ4n) is 1.67. The summed E-state index contributed by atoms with van der Waals surface area (Å²) in [5.41, 5.74) is 7.57. The number of carbonyl (C=O) groups excluding carboxylic acids is 1. The average molecular weight is 290 g/mol. The molecule has 1 aromatic heterocycles.